The van der Waals surface area contributed by atoms with E-state index in [1.165, 1.54) is 11.1 Å². The molecule has 4 rings (SSSR count). The molecule has 2 heterocycles. The molecule has 0 unspecified atom stereocenters. The van der Waals surface area contributed by atoms with Gasteiger partial charge in [0.2, 0.25) is 0 Å². The van der Waals surface area contributed by atoms with Gasteiger partial charge in [-0.15, -0.1) is 0 Å². The smallest absolute Gasteiger partial charge is 0.253 e. The molecule has 2 N–H and O–H groups in total. The van der Waals surface area contributed by atoms with Crippen LogP contribution in [0.1, 0.15) is 29.2 Å². The zero-order valence-electron chi connectivity index (χ0n) is 18.8. The second kappa shape index (κ2) is 10.9. The number of fused-ring (bicyclic) bond motifs is 1. The van der Waals surface area contributed by atoms with Gasteiger partial charge in [-0.05, 0) is 71.4 Å². The second-order valence-electron chi connectivity index (χ2n) is 8.08. The summed E-state index contributed by atoms with van der Waals surface area (Å²) >= 11 is 5.75. The Morgan fingerprint density at radius 1 is 1.00 bits per heavy atom. The maximum Gasteiger partial charge on any atom is 0.253 e. The molecule has 2 aromatic heterocycles. The van der Waals surface area contributed by atoms with E-state index in [0.717, 1.165) is 35.9 Å². The van der Waals surface area contributed by atoms with Gasteiger partial charge in [0, 0.05) is 36.6 Å². The number of aromatic nitrogens is 2. The third-order valence-electron chi connectivity index (χ3n) is 5.67. The van der Waals surface area contributed by atoms with Crippen molar-refractivity contribution in [2.75, 3.05) is 6.54 Å². The first-order valence-electron chi connectivity index (χ1n) is 11.2. The molecular formula is C27H28N4OS. The Balaban J connectivity index is 1.54. The summed E-state index contributed by atoms with van der Waals surface area (Å²) in [5.74, 6) is 0. The van der Waals surface area contributed by atoms with Crippen LogP contribution in [0, 0.1) is 0 Å². The molecular weight excluding hydrogens is 428 g/mol. The number of pyridine rings is 2. The average Bonchev–Trinajstić information content (AvgIpc) is 2.85. The molecule has 0 aliphatic heterocycles. The summed E-state index contributed by atoms with van der Waals surface area (Å²) in [5.41, 5.74) is 4.98. The Morgan fingerprint density at radius 3 is 2.58 bits per heavy atom. The summed E-state index contributed by atoms with van der Waals surface area (Å²) in [6, 6.07) is 22.4. The van der Waals surface area contributed by atoms with Crippen molar-refractivity contribution in [3.05, 3.63) is 112 Å². The minimum Gasteiger partial charge on any atom is -0.362 e. The van der Waals surface area contributed by atoms with E-state index >= 15 is 0 Å². The van der Waals surface area contributed by atoms with Crippen molar-refractivity contribution >= 4 is 28.2 Å². The first-order valence-corrected chi connectivity index (χ1v) is 11.6. The van der Waals surface area contributed by atoms with Crippen molar-refractivity contribution in [2.24, 2.45) is 0 Å². The van der Waals surface area contributed by atoms with Gasteiger partial charge >= 0.3 is 0 Å². The number of rotatable bonds is 8. The third kappa shape index (κ3) is 6.05. The summed E-state index contributed by atoms with van der Waals surface area (Å²) in [4.78, 5) is 22.1. The lowest BCUT2D eigenvalue weighted by atomic mass is 10.1. The lowest BCUT2D eigenvalue weighted by molar-refractivity contribution is 0.397. The number of hydrogen-bond acceptors (Lipinski definition) is 3. The van der Waals surface area contributed by atoms with Gasteiger partial charge in [0.25, 0.3) is 5.56 Å². The predicted molar refractivity (Wildman–Crippen MR) is 138 cm³/mol. The van der Waals surface area contributed by atoms with Crippen LogP contribution in [0.3, 0.4) is 0 Å². The van der Waals surface area contributed by atoms with E-state index in [1.54, 1.807) is 6.20 Å². The van der Waals surface area contributed by atoms with Crippen LogP contribution in [0.5, 0.6) is 0 Å². The van der Waals surface area contributed by atoms with E-state index in [1.807, 2.05) is 53.6 Å². The molecule has 168 valence electrons. The Morgan fingerprint density at radius 2 is 1.82 bits per heavy atom. The maximum absolute atomic E-state index is 12.8. The molecule has 4 aromatic rings. The SMILES string of the molecule is CCc1ccc2[nH]c(=O)c(CN(Cc3cccnc3)C(=S)NCCc3ccccc3)cc2c1. The number of benzene rings is 2. The predicted octanol–water partition coefficient (Wildman–Crippen LogP) is 4.60. The van der Waals surface area contributed by atoms with Gasteiger partial charge in [-0.25, -0.2) is 0 Å². The zero-order valence-corrected chi connectivity index (χ0v) is 19.6. The number of aryl methyl sites for hydroxylation is 1. The van der Waals surface area contributed by atoms with Crippen LogP contribution in [0.25, 0.3) is 10.9 Å². The van der Waals surface area contributed by atoms with Crippen molar-refractivity contribution in [3.8, 4) is 0 Å². The number of nitrogens with zero attached hydrogens (tertiary/aromatic N) is 2. The van der Waals surface area contributed by atoms with Crippen LogP contribution >= 0.6 is 12.2 Å². The minimum atomic E-state index is -0.0879. The van der Waals surface area contributed by atoms with Crippen LogP contribution in [-0.2, 0) is 25.9 Å². The lowest BCUT2D eigenvalue weighted by Crippen LogP contribution is -2.40. The van der Waals surface area contributed by atoms with Crippen molar-refractivity contribution in [2.45, 2.75) is 32.9 Å². The van der Waals surface area contributed by atoms with E-state index in [4.69, 9.17) is 12.2 Å². The largest absolute Gasteiger partial charge is 0.362 e. The normalized spacial score (nSPS) is 10.8. The summed E-state index contributed by atoms with van der Waals surface area (Å²) < 4.78 is 0. The van der Waals surface area contributed by atoms with Crippen LogP contribution in [0.15, 0.2) is 83.9 Å². The van der Waals surface area contributed by atoms with Gasteiger partial charge in [-0.3, -0.25) is 9.78 Å². The maximum atomic E-state index is 12.8. The van der Waals surface area contributed by atoms with Crippen molar-refractivity contribution in [1.82, 2.24) is 20.2 Å². The lowest BCUT2D eigenvalue weighted by Gasteiger charge is -2.26. The molecule has 0 saturated heterocycles. The number of nitrogens with one attached hydrogen (secondary N) is 2. The molecule has 0 atom stereocenters. The third-order valence-corrected chi connectivity index (χ3v) is 6.07. The molecule has 0 spiro atoms. The van der Waals surface area contributed by atoms with E-state index in [-0.39, 0.29) is 5.56 Å². The monoisotopic (exact) mass is 456 g/mol. The number of thiocarbonyl (C=S) groups is 1. The minimum absolute atomic E-state index is 0.0879. The Kier molecular flexibility index (Phi) is 7.47. The molecule has 0 bridgehead atoms. The fraction of sp³-hybridized carbons (Fsp3) is 0.222. The summed E-state index contributed by atoms with van der Waals surface area (Å²) in [7, 11) is 0. The molecule has 0 radical (unpaired) electrons. The Hall–Kier alpha value is -3.51. The summed E-state index contributed by atoms with van der Waals surface area (Å²) in [6.07, 6.45) is 5.41. The van der Waals surface area contributed by atoms with E-state index in [0.29, 0.717) is 23.8 Å². The molecule has 0 aliphatic rings. The molecule has 0 aliphatic carbocycles. The molecule has 0 amide bonds. The van der Waals surface area contributed by atoms with Gasteiger partial charge < -0.3 is 15.2 Å². The summed E-state index contributed by atoms with van der Waals surface area (Å²) in [5, 5.41) is 5.03. The first kappa shape index (κ1) is 22.7. The first-order chi connectivity index (χ1) is 16.1. The van der Waals surface area contributed by atoms with Crippen molar-refractivity contribution in [3.63, 3.8) is 0 Å². The quantitative estimate of drug-likeness (QED) is 0.379. The highest BCUT2D eigenvalue weighted by atomic mass is 32.1. The zero-order chi connectivity index (χ0) is 23.0. The van der Waals surface area contributed by atoms with Crippen LogP contribution in [-0.4, -0.2) is 26.5 Å². The molecule has 0 fully saturated rings. The molecule has 0 saturated carbocycles. The van der Waals surface area contributed by atoms with E-state index < -0.39 is 0 Å². The van der Waals surface area contributed by atoms with Gasteiger partial charge in [0.05, 0.1) is 6.54 Å². The molecule has 5 nitrogen and oxygen atoms in total. The van der Waals surface area contributed by atoms with Crippen LogP contribution in [0.2, 0.25) is 0 Å². The highest BCUT2D eigenvalue weighted by Gasteiger charge is 2.14. The highest BCUT2D eigenvalue weighted by Crippen LogP contribution is 2.16. The van der Waals surface area contributed by atoms with Crippen LogP contribution in [0.4, 0.5) is 0 Å². The summed E-state index contributed by atoms with van der Waals surface area (Å²) in [6.45, 7) is 3.83. The number of aromatic amines is 1. The average molecular weight is 457 g/mol. The fourth-order valence-corrected chi connectivity index (χ4v) is 4.06. The van der Waals surface area contributed by atoms with E-state index in [9.17, 15) is 4.79 Å². The Bertz CT molecular complexity index is 1270. The van der Waals surface area contributed by atoms with Gasteiger partial charge in [0.1, 0.15) is 0 Å². The van der Waals surface area contributed by atoms with Crippen molar-refractivity contribution < 1.29 is 0 Å². The highest BCUT2D eigenvalue weighted by molar-refractivity contribution is 7.80. The van der Waals surface area contributed by atoms with Gasteiger partial charge in [-0.1, -0.05) is 49.4 Å². The second-order valence-corrected chi connectivity index (χ2v) is 8.47. The van der Waals surface area contributed by atoms with Crippen molar-refractivity contribution in [1.29, 1.82) is 0 Å². The van der Waals surface area contributed by atoms with Gasteiger partial charge in [0.15, 0.2) is 5.11 Å². The van der Waals surface area contributed by atoms with E-state index in [2.05, 4.69) is 46.5 Å². The topological polar surface area (TPSA) is 61.0 Å². The fourth-order valence-electron chi connectivity index (χ4n) is 3.83. The number of H-pyrrole nitrogens is 1. The van der Waals surface area contributed by atoms with Crippen LogP contribution < -0.4 is 10.9 Å². The standard InChI is InChI=1S/C27H28N4OS/c1-2-20-10-11-25-23(15-20)16-24(26(32)30-25)19-31(18-22-9-6-13-28-17-22)27(33)29-14-12-21-7-4-3-5-8-21/h3-11,13,15-17H,2,12,14,18-19H2,1H3,(H,29,33)(H,30,32). The molecule has 33 heavy (non-hydrogen) atoms. The molecule has 2 aromatic carbocycles. The molecule has 6 heteroatoms. The number of hydrogen-bond donors (Lipinski definition) is 2. The Labute approximate surface area is 199 Å². The van der Waals surface area contributed by atoms with Gasteiger partial charge in [-0.2, -0.15) is 0 Å².